The fourth-order valence-electron chi connectivity index (χ4n) is 2.50. The third-order valence-corrected chi connectivity index (χ3v) is 3.64. The molecule has 13 heavy (non-hydrogen) atoms. The van der Waals surface area contributed by atoms with Gasteiger partial charge in [-0.1, -0.05) is 13.8 Å². The zero-order valence-electron chi connectivity index (χ0n) is 8.67. The van der Waals surface area contributed by atoms with Gasteiger partial charge in [0.1, 0.15) is 6.17 Å². The maximum atomic E-state index is 12.5. The van der Waals surface area contributed by atoms with Crippen LogP contribution in [0, 0.1) is 17.8 Å². The molecule has 76 valence electrons. The van der Waals surface area contributed by atoms with Crippen molar-refractivity contribution in [3.05, 3.63) is 0 Å². The third-order valence-electron chi connectivity index (χ3n) is 3.64. The molecule has 1 aliphatic carbocycles. The summed E-state index contributed by atoms with van der Waals surface area (Å²) in [5.74, 6) is 2.67. The van der Waals surface area contributed by atoms with E-state index < -0.39 is 6.17 Å². The smallest absolute Gasteiger partial charge is 0.125 e. The quantitative estimate of drug-likeness (QED) is 0.652. The molecule has 1 saturated carbocycles. The second kappa shape index (κ2) is 3.56. The van der Waals surface area contributed by atoms with Crippen LogP contribution in [0.1, 0.15) is 26.7 Å². The summed E-state index contributed by atoms with van der Waals surface area (Å²) in [7, 11) is 0. The van der Waals surface area contributed by atoms with Gasteiger partial charge in [0, 0.05) is 19.6 Å². The van der Waals surface area contributed by atoms with Crippen molar-refractivity contribution in [2.45, 2.75) is 32.9 Å². The molecular weight excluding hydrogens is 165 g/mol. The molecule has 1 heterocycles. The number of alkyl halides is 1. The largest absolute Gasteiger partial charge is 0.297 e. The molecule has 2 aliphatic rings. The number of hydrogen-bond donors (Lipinski definition) is 0. The van der Waals surface area contributed by atoms with E-state index in [0.717, 1.165) is 24.3 Å². The summed E-state index contributed by atoms with van der Waals surface area (Å²) in [6.07, 6.45) is 2.23. The van der Waals surface area contributed by atoms with Gasteiger partial charge in [-0.2, -0.15) is 0 Å². The lowest BCUT2D eigenvalue weighted by Crippen LogP contribution is -2.51. The van der Waals surface area contributed by atoms with Gasteiger partial charge >= 0.3 is 0 Å². The average Bonchev–Trinajstić information content (AvgIpc) is 1.90. The van der Waals surface area contributed by atoms with Crippen LogP contribution < -0.4 is 0 Å². The van der Waals surface area contributed by atoms with Crippen LogP contribution in [0.25, 0.3) is 0 Å². The minimum Gasteiger partial charge on any atom is -0.297 e. The Hall–Kier alpha value is -0.110. The van der Waals surface area contributed by atoms with Crippen molar-refractivity contribution in [1.29, 1.82) is 0 Å². The van der Waals surface area contributed by atoms with E-state index in [4.69, 9.17) is 0 Å². The molecule has 2 rings (SSSR count). The van der Waals surface area contributed by atoms with Crippen LogP contribution >= 0.6 is 0 Å². The van der Waals surface area contributed by atoms with Gasteiger partial charge in [0.2, 0.25) is 0 Å². The number of nitrogens with zero attached hydrogens (tertiary/aromatic N) is 1. The molecule has 0 bridgehead atoms. The van der Waals surface area contributed by atoms with Gasteiger partial charge in [-0.15, -0.1) is 0 Å². The van der Waals surface area contributed by atoms with E-state index in [0.29, 0.717) is 13.1 Å². The van der Waals surface area contributed by atoms with Gasteiger partial charge < -0.3 is 0 Å². The van der Waals surface area contributed by atoms with Crippen molar-refractivity contribution in [1.82, 2.24) is 4.90 Å². The van der Waals surface area contributed by atoms with Crippen molar-refractivity contribution >= 4 is 0 Å². The van der Waals surface area contributed by atoms with Crippen LogP contribution in [0.5, 0.6) is 0 Å². The maximum absolute atomic E-state index is 12.5. The first kappa shape index (κ1) is 9.45. The van der Waals surface area contributed by atoms with Gasteiger partial charge in [0.15, 0.2) is 0 Å². The van der Waals surface area contributed by atoms with Crippen LogP contribution in [0.3, 0.4) is 0 Å². The standard InChI is InChI=1S/C11H20FN/c1-8(2)10-3-9(4-10)5-13-6-11(12)7-13/h8-11H,3-7H2,1-2H3/t9-,10+. The first-order chi connectivity index (χ1) is 6.15. The normalized spacial score (nSPS) is 36.0. The van der Waals surface area contributed by atoms with Crippen molar-refractivity contribution in [2.24, 2.45) is 17.8 Å². The van der Waals surface area contributed by atoms with Gasteiger partial charge in [-0.25, -0.2) is 4.39 Å². The molecule has 0 aromatic heterocycles. The van der Waals surface area contributed by atoms with Crippen LogP contribution in [0.4, 0.5) is 4.39 Å². The molecule has 1 saturated heterocycles. The first-order valence-electron chi connectivity index (χ1n) is 5.51. The summed E-state index contributed by atoms with van der Waals surface area (Å²) in [5, 5.41) is 0. The minimum atomic E-state index is -0.527. The Morgan fingerprint density at radius 1 is 1.31 bits per heavy atom. The Bertz CT molecular complexity index is 169. The topological polar surface area (TPSA) is 3.24 Å². The summed E-state index contributed by atoms with van der Waals surface area (Å²) < 4.78 is 12.5. The summed E-state index contributed by atoms with van der Waals surface area (Å²) in [4.78, 5) is 2.26. The van der Waals surface area contributed by atoms with Crippen LogP contribution in [0.2, 0.25) is 0 Å². The lowest BCUT2D eigenvalue weighted by Gasteiger charge is -2.44. The number of rotatable bonds is 3. The predicted octanol–water partition coefficient (Wildman–Crippen LogP) is 2.32. The summed E-state index contributed by atoms with van der Waals surface area (Å²) in [5.41, 5.74) is 0. The predicted molar refractivity (Wildman–Crippen MR) is 52.4 cm³/mol. The summed E-state index contributed by atoms with van der Waals surface area (Å²) >= 11 is 0. The zero-order valence-corrected chi connectivity index (χ0v) is 8.67. The summed E-state index contributed by atoms with van der Waals surface area (Å²) in [6.45, 7) is 7.17. The van der Waals surface area contributed by atoms with Crippen LogP contribution in [-0.4, -0.2) is 30.7 Å². The fraction of sp³-hybridized carbons (Fsp3) is 1.00. The molecule has 0 radical (unpaired) electrons. The van der Waals surface area contributed by atoms with Gasteiger partial charge in [0.05, 0.1) is 0 Å². The molecule has 0 N–H and O–H groups in total. The van der Waals surface area contributed by atoms with Crippen molar-refractivity contribution in [3.8, 4) is 0 Å². The van der Waals surface area contributed by atoms with E-state index in [2.05, 4.69) is 18.7 Å². The van der Waals surface area contributed by atoms with E-state index in [9.17, 15) is 4.39 Å². The van der Waals surface area contributed by atoms with E-state index in [1.54, 1.807) is 0 Å². The SMILES string of the molecule is CC(C)[C@H]1C[C@@H](CN2CC(F)C2)C1. The average molecular weight is 185 g/mol. The van der Waals surface area contributed by atoms with Crippen LogP contribution in [-0.2, 0) is 0 Å². The summed E-state index contributed by atoms with van der Waals surface area (Å²) in [6, 6.07) is 0. The monoisotopic (exact) mass is 185 g/mol. The molecule has 2 heteroatoms. The van der Waals surface area contributed by atoms with Crippen molar-refractivity contribution in [3.63, 3.8) is 0 Å². The Labute approximate surface area is 80.3 Å². The highest BCUT2D eigenvalue weighted by Gasteiger charge is 2.35. The Balaban J connectivity index is 1.59. The van der Waals surface area contributed by atoms with Gasteiger partial charge in [-0.3, -0.25) is 4.90 Å². The molecule has 1 aliphatic heterocycles. The van der Waals surface area contributed by atoms with E-state index in [1.165, 1.54) is 12.8 Å². The molecule has 0 aromatic carbocycles. The molecule has 0 aromatic rings. The Morgan fingerprint density at radius 3 is 2.38 bits per heavy atom. The number of likely N-dealkylation sites (tertiary alicyclic amines) is 1. The highest BCUT2D eigenvalue weighted by Crippen LogP contribution is 2.39. The highest BCUT2D eigenvalue weighted by atomic mass is 19.1. The maximum Gasteiger partial charge on any atom is 0.125 e. The van der Waals surface area contributed by atoms with Crippen molar-refractivity contribution in [2.75, 3.05) is 19.6 Å². The second-order valence-corrected chi connectivity index (χ2v) is 5.16. The van der Waals surface area contributed by atoms with E-state index in [-0.39, 0.29) is 0 Å². The molecule has 0 amide bonds. The molecular formula is C11H20FN. The second-order valence-electron chi connectivity index (χ2n) is 5.16. The lowest BCUT2D eigenvalue weighted by molar-refractivity contribution is 0.0181. The van der Waals surface area contributed by atoms with Gasteiger partial charge in [-0.05, 0) is 30.6 Å². The molecule has 0 unspecified atom stereocenters. The van der Waals surface area contributed by atoms with Crippen LogP contribution in [0.15, 0.2) is 0 Å². The fourth-order valence-corrected chi connectivity index (χ4v) is 2.50. The highest BCUT2D eigenvalue weighted by molar-refractivity contribution is 4.87. The van der Waals surface area contributed by atoms with E-state index >= 15 is 0 Å². The zero-order chi connectivity index (χ0) is 9.42. The lowest BCUT2D eigenvalue weighted by atomic mass is 9.69. The molecule has 2 fully saturated rings. The minimum absolute atomic E-state index is 0.527. The first-order valence-corrected chi connectivity index (χ1v) is 5.51. The Morgan fingerprint density at radius 2 is 1.92 bits per heavy atom. The van der Waals surface area contributed by atoms with Gasteiger partial charge in [0.25, 0.3) is 0 Å². The number of hydrogen-bond acceptors (Lipinski definition) is 1. The molecule has 0 spiro atoms. The van der Waals surface area contributed by atoms with Crippen molar-refractivity contribution < 1.29 is 4.39 Å². The molecule has 1 nitrogen and oxygen atoms in total. The molecule has 0 atom stereocenters. The Kier molecular flexibility index (Phi) is 2.59. The number of halogens is 1. The third kappa shape index (κ3) is 2.04. The van der Waals surface area contributed by atoms with E-state index in [1.807, 2.05) is 0 Å².